The fourth-order valence-corrected chi connectivity index (χ4v) is 1.48. The summed E-state index contributed by atoms with van der Waals surface area (Å²) in [5, 5.41) is 12.2. The highest BCUT2D eigenvalue weighted by molar-refractivity contribution is 6.00. The molecule has 106 valence electrons. The molecule has 19 heavy (non-hydrogen) atoms. The van der Waals surface area contributed by atoms with Gasteiger partial charge in [-0.2, -0.15) is 0 Å². The van der Waals surface area contributed by atoms with Gasteiger partial charge in [0.25, 0.3) is 5.91 Å². The molecule has 1 aromatic rings. The van der Waals surface area contributed by atoms with E-state index in [9.17, 15) is 9.90 Å². The van der Waals surface area contributed by atoms with Crippen LogP contribution in [0.4, 0.5) is 5.69 Å². The molecule has 6 nitrogen and oxygen atoms in total. The summed E-state index contributed by atoms with van der Waals surface area (Å²) in [6.45, 7) is 3.33. The molecule has 0 heterocycles. The molecule has 0 unspecified atom stereocenters. The van der Waals surface area contributed by atoms with Gasteiger partial charge in [0, 0.05) is 18.3 Å². The Bertz CT molecular complexity index is 466. The second-order valence-corrected chi connectivity index (χ2v) is 4.79. The third-order valence-corrected chi connectivity index (χ3v) is 2.48. The van der Waals surface area contributed by atoms with E-state index in [0.29, 0.717) is 11.5 Å². The highest BCUT2D eigenvalue weighted by Gasteiger charge is 2.18. The van der Waals surface area contributed by atoms with E-state index in [1.165, 1.54) is 26.4 Å². The zero-order chi connectivity index (χ0) is 14.6. The second kappa shape index (κ2) is 5.79. The lowest BCUT2D eigenvalue weighted by atomic mass is 10.1. The van der Waals surface area contributed by atoms with Crippen molar-refractivity contribution in [2.75, 3.05) is 26.5 Å². The number of benzene rings is 1. The molecular weight excluding hydrogens is 248 g/mol. The van der Waals surface area contributed by atoms with Crippen LogP contribution in [0.3, 0.4) is 0 Å². The van der Waals surface area contributed by atoms with Crippen molar-refractivity contribution in [3.8, 4) is 11.5 Å². The Balaban J connectivity index is 2.97. The van der Waals surface area contributed by atoms with Crippen LogP contribution in [-0.4, -0.2) is 37.4 Å². The van der Waals surface area contributed by atoms with Gasteiger partial charge in [0.05, 0.1) is 25.4 Å². The summed E-state index contributed by atoms with van der Waals surface area (Å²) in [5.41, 5.74) is 5.38. The number of nitrogens with two attached hydrogens (primary N) is 1. The molecule has 0 saturated heterocycles. The predicted molar refractivity (Wildman–Crippen MR) is 72.6 cm³/mol. The number of aliphatic hydroxyl groups is 1. The minimum absolute atomic E-state index is 0.125. The minimum Gasteiger partial charge on any atom is -0.493 e. The minimum atomic E-state index is -0.985. The van der Waals surface area contributed by atoms with Crippen LogP contribution in [0.15, 0.2) is 12.1 Å². The van der Waals surface area contributed by atoms with Gasteiger partial charge in [0.1, 0.15) is 0 Å². The van der Waals surface area contributed by atoms with Crippen molar-refractivity contribution in [2.45, 2.75) is 19.4 Å². The van der Waals surface area contributed by atoms with Gasteiger partial charge in [-0.05, 0) is 19.9 Å². The molecule has 0 fully saturated rings. The molecule has 6 heteroatoms. The van der Waals surface area contributed by atoms with Crippen LogP contribution in [0.5, 0.6) is 11.5 Å². The number of amides is 1. The maximum Gasteiger partial charge on any atom is 0.253 e. The van der Waals surface area contributed by atoms with Crippen molar-refractivity contribution in [1.82, 2.24) is 5.32 Å². The third-order valence-electron chi connectivity index (χ3n) is 2.48. The molecule has 1 amide bonds. The predicted octanol–water partition coefficient (Wildman–Crippen LogP) is 0.787. The van der Waals surface area contributed by atoms with Gasteiger partial charge < -0.3 is 25.6 Å². The van der Waals surface area contributed by atoms with Gasteiger partial charge in [0.2, 0.25) is 0 Å². The molecule has 0 aromatic heterocycles. The van der Waals surface area contributed by atoms with Gasteiger partial charge in [-0.1, -0.05) is 0 Å². The monoisotopic (exact) mass is 268 g/mol. The Hall–Kier alpha value is -1.95. The molecular formula is C13H20N2O4. The average Bonchev–Trinajstić information content (AvgIpc) is 2.34. The van der Waals surface area contributed by atoms with E-state index in [0.717, 1.165) is 0 Å². The number of rotatable bonds is 5. The second-order valence-electron chi connectivity index (χ2n) is 4.79. The fourth-order valence-electron chi connectivity index (χ4n) is 1.48. The molecule has 1 aromatic carbocycles. The van der Waals surface area contributed by atoms with Crippen LogP contribution in [0.25, 0.3) is 0 Å². The van der Waals surface area contributed by atoms with Crippen molar-refractivity contribution in [2.24, 2.45) is 0 Å². The average molecular weight is 268 g/mol. The number of anilines is 1. The first-order chi connectivity index (χ1) is 8.78. The maximum atomic E-state index is 12.0. The van der Waals surface area contributed by atoms with E-state index in [1.54, 1.807) is 13.8 Å². The summed E-state index contributed by atoms with van der Waals surface area (Å²) in [6, 6.07) is 3.03. The zero-order valence-electron chi connectivity index (χ0n) is 11.6. The van der Waals surface area contributed by atoms with E-state index in [-0.39, 0.29) is 23.7 Å². The third kappa shape index (κ3) is 4.03. The molecule has 4 N–H and O–H groups in total. The lowest BCUT2D eigenvalue weighted by Crippen LogP contribution is -2.38. The number of hydrogen-bond donors (Lipinski definition) is 3. The number of carbonyl (C=O) groups excluding carboxylic acids is 1. The van der Waals surface area contributed by atoms with Crippen molar-refractivity contribution in [3.05, 3.63) is 17.7 Å². The van der Waals surface area contributed by atoms with Crippen LogP contribution in [0.1, 0.15) is 24.2 Å². The smallest absolute Gasteiger partial charge is 0.253 e. The van der Waals surface area contributed by atoms with Crippen LogP contribution >= 0.6 is 0 Å². The van der Waals surface area contributed by atoms with Crippen LogP contribution in [0.2, 0.25) is 0 Å². The van der Waals surface area contributed by atoms with Crippen molar-refractivity contribution in [3.63, 3.8) is 0 Å². The molecule has 0 radical (unpaired) electrons. The number of nitrogens with one attached hydrogen (secondary N) is 1. The largest absolute Gasteiger partial charge is 0.493 e. The van der Waals surface area contributed by atoms with E-state index in [1.807, 2.05) is 0 Å². The Labute approximate surface area is 112 Å². The molecule has 0 aliphatic carbocycles. The van der Waals surface area contributed by atoms with Gasteiger partial charge in [-0.25, -0.2) is 0 Å². The van der Waals surface area contributed by atoms with Gasteiger partial charge in [-0.3, -0.25) is 4.79 Å². The first-order valence-corrected chi connectivity index (χ1v) is 5.80. The number of ether oxygens (including phenoxy) is 2. The summed E-state index contributed by atoms with van der Waals surface area (Å²) in [5.74, 6) is 0.504. The lowest BCUT2D eigenvalue weighted by molar-refractivity contribution is 0.0694. The topological polar surface area (TPSA) is 93.8 Å². The summed E-state index contributed by atoms with van der Waals surface area (Å²) in [4.78, 5) is 12.0. The highest BCUT2D eigenvalue weighted by atomic mass is 16.5. The van der Waals surface area contributed by atoms with Gasteiger partial charge >= 0.3 is 0 Å². The SMILES string of the molecule is COc1cc(N)c(C(=O)NCC(C)(C)O)cc1OC. The molecule has 1 rings (SSSR count). The van der Waals surface area contributed by atoms with Crippen molar-refractivity contribution in [1.29, 1.82) is 0 Å². The number of carbonyl (C=O) groups is 1. The zero-order valence-corrected chi connectivity index (χ0v) is 11.6. The summed E-state index contributed by atoms with van der Waals surface area (Å²) in [7, 11) is 2.97. The van der Waals surface area contributed by atoms with E-state index in [4.69, 9.17) is 15.2 Å². The Morgan fingerprint density at radius 1 is 1.32 bits per heavy atom. The number of methoxy groups -OCH3 is 2. The van der Waals surface area contributed by atoms with Crippen LogP contribution < -0.4 is 20.5 Å². The Morgan fingerprint density at radius 3 is 2.32 bits per heavy atom. The molecule has 0 atom stereocenters. The normalized spacial score (nSPS) is 11.0. The quantitative estimate of drug-likeness (QED) is 0.686. The Morgan fingerprint density at radius 2 is 1.84 bits per heavy atom. The first-order valence-electron chi connectivity index (χ1n) is 5.80. The first kappa shape index (κ1) is 15.1. The van der Waals surface area contributed by atoms with Gasteiger partial charge in [0.15, 0.2) is 11.5 Å². The van der Waals surface area contributed by atoms with Crippen molar-refractivity contribution >= 4 is 11.6 Å². The van der Waals surface area contributed by atoms with E-state index >= 15 is 0 Å². The van der Waals surface area contributed by atoms with Crippen molar-refractivity contribution < 1.29 is 19.4 Å². The standard InChI is InChI=1S/C13H20N2O4/c1-13(2,17)7-15-12(16)8-5-10(18-3)11(19-4)6-9(8)14/h5-6,17H,7,14H2,1-4H3,(H,15,16). The maximum absolute atomic E-state index is 12.0. The summed E-state index contributed by atoms with van der Waals surface area (Å²) in [6.07, 6.45) is 0. The molecule has 0 aliphatic heterocycles. The highest BCUT2D eigenvalue weighted by Crippen LogP contribution is 2.31. The molecule has 0 saturated carbocycles. The van der Waals surface area contributed by atoms with Crippen LogP contribution in [-0.2, 0) is 0 Å². The molecule has 0 bridgehead atoms. The van der Waals surface area contributed by atoms with Gasteiger partial charge in [-0.15, -0.1) is 0 Å². The Kier molecular flexibility index (Phi) is 4.61. The fraction of sp³-hybridized carbons (Fsp3) is 0.462. The van der Waals surface area contributed by atoms with Crippen LogP contribution in [0, 0.1) is 0 Å². The molecule has 0 spiro atoms. The van der Waals surface area contributed by atoms with E-state index < -0.39 is 5.60 Å². The summed E-state index contributed by atoms with van der Waals surface area (Å²) >= 11 is 0. The lowest BCUT2D eigenvalue weighted by Gasteiger charge is -2.18. The van der Waals surface area contributed by atoms with E-state index in [2.05, 4.69) is 5.32 Å². The number of nitrogen functional groups attached to an aromatic ring is 1. The molecule has 0 aliphatic rings. The number of hydrogen-bond acceptors (Lipinski definition) is 5. The summed E-state index contributed by atoms with van der Waals surface area (Å²) < 4.78 is 10.2.